The molecule has 0 bridgehead atoms. The molecule has 0 aliphatic carbocycles. The molecule has 0 fully saturated rings. The summed E-state index contributed by atoms with van der Waals surface area (Å²) >= 11 is 0. The molecule has 0 aliphatic heterocycles. The molecule has 1 atom stereocenters. The van der Waals surface area contributed by atoms with Crippen molar-refractivity contribution in [3.05, 3.63) is 96.1 Å². The van der Waals surface area contributed by atoms with E-state index in [1.54, 1.807) is 24.3 Å². The van der Waals surface area contributed by atoms with Gasteiger partial charge in [0, 0.05) is 19.2 Å². The summed E-state index contributed by atoms with van der Waals surface area (Å²) in [6.07, 6.45) is 0. The highest BCUT2D eigenvalue weighted by atomic mass is 32.2. The Kier molecular flexibility index (Phi) is 8.18. The maximum Gasteiger partial charge on any atom is 0.264 e. The van der Waals surface area contributed by atoms with Crippen LogP contribution in [0.4, 0.5) is 14.5 Å². The Balaban J connectivity index is 2.01. The molecule has 3 aromatic carbocycles. The van der Waals surface area contributed by atoms with Crippen molar-refractivity contribution in [3.8, 4) is 0 Å². The van der Waals surface area contributed by atoms with E-state index < -0.39 is 46.1 Å². The number of nitrogens with one attached hydrogen (secondary N) is 1. The van der Waals surface area contributed by atoms with Crippen molar-refractivity contribution in [2.75, 3.05) is 17.9 Å². The molecular formula is C25H25F2N3O4S. The van der Waals surface area contributed by atoms with Crippen LogP contribution in [0.3, 0.4) is 0 Å². The second kappa shape index (κ2) is 11.1. The Labute approximate surface area is 203 Å². The number of likely N-dealkylation sites (N-methyl/N-ethyl adjacent to an activating group) is 1. The third-order valence-corrected chi connectivity index (χ3v) is 7.22. The Morgan fingerprint density at radius 3 is 2.11 bits per heavy atom. The van der Waals surface area contributed by atoms with Gasteiger partial charge in [-0.05, 0) is 49.4 Å². The minimum atomic E-state index is -4.29. The van der Waals surface area contributed by atoms with Gasteiger partial charge in [0.05, 0.1) is 10.6 Å². The molecule has 0 aliphatic rings. The van der Waals surface area contributed by atoms with E-state index in [-0.39, 0.29) is 22.7 Å². The number of anilines is 1. The van der Waals surface area contributed by atoms with Gasteiger partial charge in [-0.1, -0.05) is 36.4 Å². The molecule has 0 saturated carbocycles. The number of carbonyl (C=O) groups excluding carboxylic acids is 2. The van der Waals surface area contributed by atoms with Crippen molar-refractivity contribution >= 4 is 27.5 Å². The average molecular weight is 502 g/mol. The molecular weight excluding hydrogens is 476 g/mol. The van der Waals surface area contributed by atoms with Crippen molar-refractivity contribution in [2.45, 2.75) is 24.4 Å². The number of hydrogen-bond acceptors (Lipinski definition) is 4. The number of amides is 2. The zero-order valence-corrected chi connectivity index (χ0v) is 20.0. The van der Waals surface area contributed by atoms with Crippen LogP contribution in [0.2, 0.25) is 0 Å². The first kappa shape index (κ1) is 25.8. The fourth-order valence-electron chi connectivity index (χ4n) is 3.46. The van der Waals surface area contributed by atoms with E-state index in [4.69, 9.17) is 0 Å². The van der Waals surface area contributed by atoms with E-state index in [1.807, 2.05) is 0 Å². The van der Waals surface area contributed by atoms with Gasteiger partial charge in [0.2, 0.25) is 11.8 Å². The van der Waals surface area contributed by atoms with Crippen LogP contribution in [-0.2, 0) is 26.2 Å². The predicted molar refractivity (Wildman–Crippen MR) is 128 cm³/mol. The fraction of sp³-hybridized carbons (Fsp3) is 0.200. The molecule has 0 unspecified atom stereocenters. The van der Waals surface area contributed by atoms with Crippen LogP contribution in [0, 0.1) is 11.6 Å². The number of sulfonamides is 1. The van der Waals surface area contributed by atoms with Gasteiger partial charge in [-0.3, -0.25) is 13.9 Å². The Morgan fingerprint density at radius 2 is 1.51 bits per heavy atom. The van der Waals surface area contributed by atoms with E-state index in [1.165, 1.54) is 44.3 Å². The lowest BCUT2D eigenvalue weighted by molar-refractivity contribution is -0.139. The molecule has 10 heteroatoms. The number of halogens is 2. The monoisotopic (exact) mass is 501 g/mol. The molecule has 1 N–H and O–H groups in total. The SMILES string of the molecule is CNC(=O)[C@H](C)N(Cc1ccccc1F)C(=O)CN(c1ccccc1)S(=O)(=O)c1ccc(F)cc1. The highest BCUT2D eigenvalue weighted by molar-refractivity contribution is 7.92. The van der Waals surface area contributed by atoms with E-state index >= 15 is 0 Å². The first-order chi connectivity index (χ1) is 16.6. The summed E-state index contributed by atoms with van der Waals surface area (Å²) in [7, 11) is -2.88. The van der Waals surface area contributed by atoms with Gasteiger partial charge in [-0.25, -0.2) is 17.2 Å². The highest BCUT2D eigenvalue weighted by Crippen LogP contribution is 2.24. The highest BCUT2D eigenvalue weighted by Gasteiger charge is 2.32. The van der Waals surface area contributed by atoms with Crippen LogP contribution in [0.1, 0.15) is 12.5 Å². The van der Waals surface area contributed by atoms with E-state index in [2.05, 4.69) is 5.32 Å². The zero-order valence-electron chi connectivity index (χ0n) is 19.2. The summed E-state index contributed by atoms with van der Waals surface area (Å²) in [6, 6.07) is 17.0. The lowest BCUT2D eigenvalue weighted by atomic mass is 10.1. The van der Waals surface area contributed by atoms with Crippen LogP contribution >= 0.6 is 0 Å². The van der Waals surface area contributed by atoms with Gasteiger partial charge >= 0.3 is 0 Å². The van der Waals surface area contributed by atoms with Gasteiger partial charge in [0.15, 0.2) is 0 Å². The summed E-state index contributed by atoms with van der Waals surface area (Å²) in [4.78, 5) is 26.8. The van der Waals surface area contributed by atoms with Crippen molar-refractivity contribution in [2.24, 2.45) is 0 Å². The lowest BCUT2D eigenvalue weighted by Gasteiger charge is -2.31. The summed E-state index contributed by atoms with van der Waals surface area (Å²) in [6.45, 7) is 0.553. The molecule has 3 rings (SSSR count). The number of nitrogens with zero attached hydrogens (tertiary/aromatic N) is 2. The fourth-order valence-corrected chi connectivity index (χ4v) is 4.87. The summed E-state index contributed by atoms with van der Waals surface area (Å²) in [5.41, 5.74) is 0.368. The van der Waals surface area contributed by atoms with Crippen molar-refractivity contribution < 1.29 is 26.8 Å². The molecule has 184 valence electrons. The van der Waals surface area contributed by atoms with Crippen LogP contribution in [-0.4, -0.2) is 44.8 Å². The first-order valence-electron chi connectivity index (χ1n) is 10.7. The maximum absolute atomic E-state index is 14.4. The normalized spacial score (nSPS) is 12.0. The quantitative estimate of drug-likeness (QED) is 0.487. The average Bonchev–Trinajstić information content (AvgIpc) is 2.86. The summed E-state index contributed by atoms with van der Waals surface area (Å²) in [5, 5.41) is 2.45. The molecule has 0 heterocycles. The van der Waals surface area contributed by atoms with E-state index in [0.29, 0.717) is 0 Å². The summed E-state index contributed by atoms with van der Waals surface area (Å²) < 4.78 is 55.6. The summed E-state index contributed by atoms with van der Waals surface area (Å²) in [5.74, 6) is -2.39. The second-order valence-corrected chi connectivity index (χ2v) is 9.57. The first-order valence-corrected chi connectivity index (χ1v) is 12.2. The number of benzene rings is 3. The van der Waals surface area contributed by atoms with Crippen molar-refractivity contribution in [1.82, 2.24) is 10.2 Å². The van der Waals surface area contributed by atoms with Gasteiger partial charge in [0.1, 0.15) is 24.2 Å². The number of rotatable bonds is 9. The Hall–Kier alpha value is -3.79. The Bertz CT molecular complexity index is 1290. The number of hydrogen-bond donors (Lipinski definition) is 1. The molecule has 35 heavy (non-hydrogen) atoms. The smallest absolute Gasteiger partial charge is 0.264 e. The molecule has 0 aromatic heterocycles. The van der Waals surface area contributed by atoms with Crippen LogP contribution < -0.4 is 9.62 Å². The molecule has 0 radical (unpaired) electrons. The molecule has 7 nitrogen and oxygen atoms in total. The van der Waals surface area contributed by atoms with Crippen molar-refractivity contribution in [1.29, 1.82) is 0 Å². The van der Waals surface area contributed by atoms with E-state index in [9.17, 15) is 26.8 Å². The second-order valence-electron chi connectivity index (χ2n) is 7.70. The topological polar surface area (TPSA) is 86.8 Å². The third kappa shape index (κ3) is 6.02. The lowest BCUT2D eigenvalue weighted by Crippen LogP contribution is -2.50. The molecule has 0 spiro atoms. The molecule has 2 amide bonds. The largest absolute Gasteiger partial charge is 0.357 e. The van der Waals surface area contributed by atoms with Gasteiger partial charge < -0.3 is 10.2 Å². The van der Waals surface area contributed by atoms with Crippen LogP contribution in [0.15, 0.2) is 83.8 Å². The predicted octanol–water partition coefficient (Wildman–Crippen LogP) is 3.32. The molecule has 3 aromatic rings. The van der Waals surface area contributed by atoms with Crippen molar-refractivity contribution in [3.63, 3.8) is 0 Å². The Morgan fingerprint density at radius 1 is 0.914 bits per heavy atom. The standard InChI is InChI=1S/C25H25F2N3O4S/c1-18(25(32)28-2)29(16-19-8-6-7-11-23(19)27)24(31)17-30(21-9-4-3-5-10-21)35(33,34)22-14-12-20(26)13-15-22/h3-15,18H,16-17H2,1-2H3,(H,28,32)/t18-/m0/s1. The minimum Gasteiger partial charge on any atom is -0.357 e. The third-order valence-electron chi connectivity index (χ3n) is 5.44. The van der Waals surface area contributed by atoms with Crippen LogP contribution in [0.25, 0.3) is 0 Å². The number of para-hydroxylation sites is 1. The van der Waals surface area contributed by atoms with Gasteiger partial charge in [-0.2, -0.15) is 0 Å². The van der Waals surface area contributed by atoms with Crippen LogP contribution in [0.5, 0.6) is 0 Å². The zero-order chi connectivity index (χ0) is 25.6. The minimum absolute atomic E-state index is 0.171. The van der Waals surface area contributed by atoms with Gasteiger partial charge in [0.25, 0.3) is 10.0 Å². The van der Waals surface area contributed by atoms with E-state index in [0.717, 1.165) is 33.5 Å². The molecule has 0 saturated heterocycles. The van der Waals surface area contributed by atoms with Gasteiger partial charge in [-0.15, -0.1) is 0 Å². The maximum atomic E-state index is 14.4. The number of carbonyl (C=O) groups is 2.